The van der Waals surface area contributed by atoms with Crippen molar-refractivity contribution in [2.45, 2.75) is 26.4 Å². The first-order chi connectivity index (χ1) is 14.1. The second-order valence-electron chi connectivity index (χ2n) is 6.62. The maximum Gasteiger partial charge on any atom is 0.344 e. The lowest BCUT2D eigenvalue weighted by Gasteiger charge is -2.12. The van der Waals surface area contributed by atoms with Crippen molar-refractivity contribution in [3.05, 3.63) is 75.1 Å². The monoisotopic (exact) mass is 408 g/mol. The Labute approximate surface area is 171 Å². The fourth-order valence-corrected chi connectivity index (χ4v) is 3.48. The molecule has 2 aromatic heterocycles. The number of hydrogen-bond acceptors (Lipinski definition) is 6. The number of ether oxygens (including phenoxy) is 1. The Morgan fingerprint density at radius 1 is 1.24 bits per heavy atom. The average molecular weight is 408 g/mol. The Hall–Kier alpha value is -3.39. The zero-order valence-electron chi connectivity index (χ0n) is 15.8. The molecule has 2 heterocycles. The van der Waals surface area contributed by atoms with Crippen LogP contribution in [-0.4, -0.2) is 14.9 Å². The Balaban J connectivity index is 1.75. The third-order valence-electron chi connectivity index (χ3n) is 4.69. The summed E-state index contributed by atoms with van der Waals surface area (Å²) in [7, 11) is 0. The number of rotatable bonds is 6. The van der Waals surface area contributed by atoms with Crippen molar-refractivity contribution in [1.29, 1.82) is 0 Å². The molecule has 0 atom stereocenters. The van der Waals surface area contributed by atoms with Gasteiger partial charge in [-0.1, -0.05) is 43.7 Å². The minimum atomic E-state index is -0.354. The van der Waals surface area contributed by atoms with Crippen LogP contribution in [0.1, 0.15) is 24.7 Å². The Morgan fingerprint density at radius 2 is 2.03 bits per heavy atom. The number of hydrogen-bond donors (Lipinski definition) is 2. The highest BCUT2D eigenvalue weighted by Crippen LogP contribution is 2.30. The van der Waals surface area contributed by atoms with Gasteiger partial charge in [0, 0.05) is 11.5 Å². The number of aromatic amines is 1. The zero-order chi connectivity index (χ0) is 20.4. The molecule has 0 aliphatic carbocycles. The number of H-pyrrole nitrogens is 1. The third kappa shape index (κ3) is 3.66. The van der Waals surface area contributed by atoms with Crippen molar-refractivity contribution in [3.63, 3.8) is 0 Å². The first-order valence-corrected chi connectivity index (χ1v) is 9.68. The largest absolute Gasteiger partial charge is 0.485 e. The van der Waals surface area contributed by atoms with Crippen LogP contribution in [0, 0.1) is 4.77 Å². The van der Waals surface area contributed by atoms with Gasteiger partial charge in [-0.05, 0) is 41.9 Å². The lowest BCUT2D eigenvalue weighted by molar-refractivity contribution is 0.292. The molecule has 4 aromatic rings. The van der Waals surface area contributed by atoms with Crippen LogP contribution in [0.15, 0.2) is 57.7 Å². The van der Waals surface area contributed by atoms with Crippen LogP contribution >= 0.6 is 12.2 Å². The second kappa shape index (κ2) is 7.92. The van der Waals surface area contributed by atoms with Crippen LogP contribution in [0.3, 0.4) is 0 Å². The number of aryl methyl sites for hydroxylation is 1. The molecule has 148 valence electrons. The molecule has 2 aromatic carbocycles. The summed E-state index contributed by atoms with van der Waals surface area (Å²) in [6.07, 6.45) is 1.68. The molecule has 0 bridgehead atoms. The van der Waals surface area contributed by atoms with E-state index in [1.165, 1.54) is 4.68 Å². The lowest BCUT2D eigenvalue weighted by atomic mass is 9.95. The van der Waals surface area contributed by atoms with Crippen LogP contribution in [0.25, 0.3) is 22.1 Å². The molecular formula is C21H20N4O3S. The fraction of sp³-hybridized carbons (Fsp3) is 0.190. The van der Waals surface area contributed by atoms with E-state index < -0.39 is 0 Å². The summed E-state index contributed by atoms with van der Waals surface area (Å²) in [5.74, 6) is 6.79. The summed E-state index contributed by atoms with van der Waals surface area (Å²) >= 11 is 4.99. The van der Waals surface area contributed by atoms with E-state index in [4.69, 9.17) is 27.2 Å². The summed E-state index contributed by atoms with van der Waals surface area (Å²) in [5.41, 5.74) is 2.60. The Kier molecular flexibility index (Phi) is 5.18. The molecular weight excluding hydrogens is 388 g/mol. The third-order valence-corrected chi connectivity index (χ3v) is 4.98. The first kappa shape index (κ1) is 18.9. The van der Waals surface area contributed by atoms with E-state index in [2.05, 4.69) is 17.1 Å². The normalized spacial score (nSPS) is 11.1. The molecule has 0 radical (unpaired) electrons. The number of benzene rings is 2. The molecule has 0 aliphatic heterocycles. The number of nitrogens with one attached hydrogen (secondary N) is 1. The first-order valence-electron chi connectivity index (χ1n) is 9.27. The van der Waals surface area contributed by atoms with Crippen LogP contribution in [-0.2, 0) is 13.0 Å². The highest BCUT2D eigenvalue weighted by atomic mass is 32.1. The molecule has 7 nitrogen and oxygen atoms in total. The second-order valence-corrected chi connectivity index (χ2v) is 7.01. The SMILES string of the molecule is CCCc1c(-c2ccccc2)c(=O)oc2cc(OCc3n[nH]c(=S)n3N)ccc12. The summed E-state index contributed by atoms with van der Waals surface area (Å²) in [4.78, 5) is 12.8. The molecule has 0 spiro atoms. The van der Waals surface area contributed by atoms with Gasteiger partial charge in [-0.25, -0.2) is 9.47 Å². The van der Waals surface area contributed by atoms with Gasteiger partial charge in [-0.2, -0.15) is 5.10 Å². The fourth-order valence-electron chi connectivity index (χ4n) is 3.33. The van der Waals surface area contributed by atoms with Gasteiger partial charge in [0.1, 0.15) is 17.9 Å². The van der Waals surface area contributed by atoms with E-state index in [0.29, 0.717) is 27.5 Å². The molecule has 0 aliphatic rings. The highest BCUT2D eigenvalue weighted by Gasteiger charge is 2.16. The number of fused-ring (bicyclic) bond motifs is 1. The summed E-state index contributed by atoms with van der Waals surface area (Å²) in [6, 6.07) is 15.1. The van der Waals surface area contributed by atoms with Crippen LogP contribution in [0.5, 0.6) is 5.75 Å². The van der Waals surface area contributed by atoms with Gasteiger partial charge in [0.15, 0.2) is 5.82 Å². The van der Waals surface area contributed by atoms with Gasteiger partial charge in [0.2, 0.25) is 4.77 Å². The van der Waals surface area contributed by atoms with Crippen molar-refractivity contribution >= 4 is 23.2 Å². The molecule has 8 heteroatoms. The van der Waals surface area contributed by atoms with Crippen molar-refractivity contribution < 1.29 is 9.15 Å². The Bertz CT molecular complexity index is 1270. The van der Waals surface area contributed by atoms with E-state index in [1.54, 1.807) is 6.07 Å². The number of nitrogens with zero attached hydrogens (tertiary/aromatic N) is 2. The average Bonchev–Trinajstić information content (AvgIpc) is 3.05. The molecule has 29 heavy (non-hydrogen) atoms. The number of aromatic nitrogens is 3. The number of nitrogens with two attached hydrogens (primary N) is 1. The van der Waals surface area contributed by atoms with Gasteiger partial charge in [-0.3, -0.25) is 5.10 Å². The van der Waals surface area contributed by atoms with Crippen molar-refractivity contribution in [3.8, 4) is 16.9 Å². The van der Waals surface area contributed by atoms with E-state index in [-0.39, 0.29) is 12.2 Å². The molecule has 0 amide bonds. The highest BCUT2D eigenvalue weighted by molar-refractivity contribution is 7.71. The molecule has 0 saturated carbocycles. The van der Waals surface area contributed by atoms with Gasteiger partial charge in [-0.15, -0.1) is 0 Å². The lowest BCUT2D eigenvalue weighted by Crippen LogP contribution is -2.14. The molecule has 0 unspecified atom stereocenters. The van der Waals surface area contributed by atoms with Crippen molar-refractivity contribution in [2.24, 2.45) is 0 Å². The smallest absolute Gasteiger partial charge is 0.344 e. The van der Waals surface area contributed by atoms with E-state index in [1.807, 2.05) is 42.5 Å². The topological polar surface area (TPSA) is 99.1 Å². The molecule has 0 fully saturated rings. The van der Waals surface area contributed by atoms with E-state index in [9.17, 15) is 4.79 Å². The maximum absolute atomic E-state index is 12.8. The standard InChI is InChI=1S/C21H20N4O3S/c1-2-6-16-15-10-9-14(27-12-18-23-24-21(29)25(18)22)11-17(15)28-20(26)19(16)13-7-4-3-5-8-13/h3-5,7-11H,2,6,12,22H2,1H3,(H,24,29). The quantitative estimate of drug-likeness (QED) is 0.285. The van der Waals surface area contributed by atoms with E-state index in [0.717, 1.165) is 29.4 Å². The van der Waals surface area contributed by atoms with Crippen molar-refractivity contribution in [2.75, 3.05) is 5.84 Å². The summed E-state index contributed by atoms with van der Waals surface area (Å²) < 4.78 is 13.0. The van der Waals surface area contributed by atoms with Gasteiger partial charge in [0.05, 0.1) is 5.56 Å². The zero-order valence-corrected chi connectivity index (χ0v) is 16.7. The van der Waals surface area contributed by atoms with Gasteiger partial charge >= 0.3 is 5.63 Å². The minimum absolute atomic E-state index is 0.128. The van der Waals surface area contributed by atoms with Gasteiger partial charge in [0.25, 0.3) is 0 Å². The summed E-state index contributed by atoms with van der Waals surface area (Å²) in [5, 5.41) is 7.52. The predicted molar refractivity (Wildman–Crippen MR) is 114 cm³/mol. The van der Waals surface area contributed by atoms with Crippen molar-refractivity contribution in [1.82, 2.24) is 14.9 Å². The maximum atomic E-state index is 12.8. The predicted octanol–water partition coefficient (Wildman–Crippen LogP) is 3.96. The van der Waals surface area contributed by atoms with Crippen LogP contribution in [0.2, 0.25) is 0 Å². The minimum Gasteiger partial charge on any atom is -0.485 e. The number of nitrogen functional groups attached to an aromatic ring is 1. The van der Waals surface area contributed by atoms with Crippen LogP contribution < -0.4 is 16.2 Å². The molecule has 4 rings (SSSR count). The molecule has 3 N–H and O–H groups in total. The molecule has 0 saturated heterocycles. The van der Waals surface area contributed by atoms with Crippen LogP contribution in [0.4, 0.5) is 0 Å². The summed E-state index contributed by atoms with van der Waals surface area (Å²) in [6.45, 7) is 2.22. The van der Waals surface area contributed by atoms with E-state index >= 15 is 0 Å². The Morgan fingerprint density at radius 3 is 2.72 bits per heavy atom. The van der Waals surface area contributed by atoms with Gasteiger partial charge < -0.3 is 15.0 Å².